The Morgan fingerprint density at radius 3 is 2.59 bits per heavy atom. The number of anilines is 1. The molecule has 0 saturated carbocycles. The van der Waals surface area contributed by atoms with Crippen molar-refractivity contribution in [2.45, 2.75) is 33.8 Å². The zero-order chi connectivity index (χ0) is 16.5. The van der Waals surface area contributed by atoms with E-state index in [1.165, 1.54) is 0 Å². The average molecular weight is 329 g/mol. The monoisotopic (exact) mass is 328 g/mol. The summed E-state index contributed by atoms with van der Waals surface area (Å²) in [6.07, 6.45) is 2.08. The van der Waals surface area contributed by atoms with Crippen molar-refractivity contribution in [2.75, 3.05) is 32.2 Å². The summed E-state index contributed by atoms with van der Waals surface area (Å²) in [4.78, 5) is 4.21. The highest BCUT2D eigenvalue weighted by atomic mass is 35.5. The van der Waals surface area contributed by atoms with Gasteiger partial charge < -0.3 is 14.8 Å². The maximum absolute atomic E-state index is 5.83. The summed E-state index contributed by atoms with van der Waals surface area (Å²) < 4.78 is 11.9. The number of fused-ring (bicyclic) bond motifs is 1. The Bertz CT molecular complexity index is 568. The Balaban J connectivity index is 0.000000228. The van der Waals surface area contributed by atoms with Gasteiger partial charge in [-0.05, 0) is 13.8 Å². The van der Waals surface area contributed by atoms with Crippen LogP contribution in [0.15, 0.2) is 12.3 Å². The first-order chi connectivity index (χ1) is 10.6. The van der Waals surface area contributed by atoms with Gasteiger partial charge in [0.1, 0.15) is 0 Å². The molecule has 0 bridgehead atoms. The van der Waals surface area contributed by atoms with E-state index >= 15 is 0 Å². The van der Waals surface area contributed by atoms with E-state index < -0.39 is 0 Å². The Hall–Kier alpha value is -1.37. The SMILES string of the molecule is CC.CC1COCCO1.CNc1cc(Cl)nn2c(C)cnc12. The molecule has 2 aromatic rings. The van der Waals surface area contributed by atoms with Crippen molar-refractivity contribution < 1.29 is 9.47 Å². The number of hydrogen-bond acceptors (Lipinski definition) is 5. The van der Waals surface area contributed by atoms with E-state index in [0.717, 1.165) is 36.8 Å². The lowest BCUT2D eigenvalue weighted by Crippen LogP contribution is -2.25. The van der Waals surface area contributed by atoms with Crippen molar-refractivity contribution in [1.82, 2.24) is 14.6 Å². The van der Waals surface area contributed by atoms with Crippen molar-refractivity contribution in [3.05, 3.63) is 23.1 Å². The number of ether oxygens (including phenoxy) is 2. The molecule has 6 nitrogen and oxygen atoms in total. The third-order valence-electron chi connectivity index (χ3n) is 2.86. The highest BCUT2D eigenvalue weighted by Gasteiger charge is 2.07. The number of hydrogen-bond donors (Lipinski definition) is 1. The predicted octanol–water partition coefficient (Wildman–Crippen LogP) is 3.18. The van der Waals surface area contributed by atoms with E-state index in [4.69, 9.17) is 21.1 Å². The van der Waals surface area contributed by atoms with Crippen LogP contribution in [0.3, 0.4) is 0 Å². The lowest BCUT2D eigenvalue weighted by molar-refractivity contribution is -0.0797. The van der Waals surface area contributed by atoms with Gasteiger partial charge in [-0.3, -0.25) is 0 Å². The van der Waals surface area contributed by atoms with Crippen LogP contribution in [0.1, 0.15) is 26.5 Å². The second kappa shape index (κ2) is 9.61. The molecular weight excluding hydrogens is 304 g/mol. The van der Waals surface area contributed by atoms with Crippen molar-refractivity contribution in [2.24, 2.45) is 0 Å². The highest BCUT2D eigenvalue weighted by Crippen LogP contribution is 2.18. The van der Waals surface area contributed by atoms with E-state index in [2.05, 4.69) is 15.4 Å². The Labute approximate surface area is 136 Å². The van der Waals surface area contributed by atoms with E-state index in [0.29, 0.717) is 11.3 Å². The van der Waals surface area contributed by atoms with E-state index in [-0.39, 0.29) is 0 Å². The molecule has 3 heterocycles. The van der Waals surface area contributed by atoms with Gasteiger partial charge in [-0.1, -0.05) is 25.4 Å². The van der Waals surface area contributed by atoms with Crippen LogP contribution < -0.4 is 5.32 Å². The van der Waals surface area contributed by atoms with Gasteiger partial charge in [0.05, 0.1) is 43.5 Å². The molecule has 1 aliphatic heterocycles. The molecule has 124 valence electrons. The van der Waals surface area contributed by atoms with Crippen LogP contribution >= 0.6 is 11.6 Å². The smallest absolute Gasteiger partial charge is 0.177 e. The number of imidazole rings is 1. The summed E-state index contributed by atoms with van der Waals surface area (Å²) >= 11 is 5.83. The quantitative estimate of drug-likeness (QED) is 0.871. The second-order valence-electron chi connectivity index (χ2n) is 4.52. The molecular formula is C15H25ClN4O2. The minimum atomic E-state index is 0.314. The molecule has 0 aromatic carbocycles. The molecule has 1 fully saturated rings. The largest absolute Gasteiger partial charge is 0.385 e. The fraction of sp³-hybridized carbons (Fsp3) is 0.600. The van der Waals surface area contributed by atoms with Crippen LogP contribution in [0.5, 0.6) is 0 Å². The number of aromatic nitrogens is 3. The van der Waals surface area contributed by atoms with Gasteiger partial charge in [-0.25, -0.2) is 9.50 Å². The lowest BCUT2D eigenvalue weighted by atomic mass is 10.4. The van der Waals surface area contributed by atoms with Crippen LogP contribution in [0.2, 0.25) is 5.15 Å². The number of aryl methyl sites for hydroxylation is 1. The fourth-order valence-electron chi connectivity index (χ4n) is 1.84. The second-order valence-corrected chi connectivity index (χ2v) is 4.91. The van der Waals surface area contributed by atoms with Crippen LogP contribution in [-0.4, -0.2) is 47.6 Å². The van der Waals surface area contributed by atoms with Gasteiger partial charge in [-0.15, -0.1) is 0 Å². The summed E-state index contributed by atoms with van der Waals surface area (Å²) in [5, 5.41) is 7.60. The normalized spacial score (nSPS) is 17.1. The van der Waals surface area contributed by atoms with Gasteiger partial charge in [-0.2, -0.15) is 5.10 Å². The molecule has 1 saturated heterocycles. The molecule has 0 aliphatic carbocycles. The predicted molar refractivity (Wildman–Crippen MR) is 89.9 cm³/mol. The van der Waals surface area contributed by atoms with Gasteiger partial charge in [0.2, 0.25) is 0 Å². The Morgan fingerprint density at radius 1 is 1.36 bits per heavy atom. The number of nitrogens with one attached hydrogen (secondary N) is 1. The summed E-state index contributed by atoms with van der Waals surface area (Å²) in [5.74, 6) is 0. The maximum atomic E-state index is 5.83. The lowest BCUT2D eigenvalue weighted by Gasteiger charge is -2.18. The molecule has 0 radical (unpaired) electrons. The Kier molecular flexibility index (Phi) is 8.16. The zero-order valence-electron chi connectivity index (χ0n) is 13.9. The molecule has 22 heavy (non-hydrogen) atoms. The van der Waals surface area contributed by atoms with Gasteiger partial charge in [0.15, 0.2) is 10.8 Å². The molecule has 3 rings (SSSR count). The van der Waals surface area contributed by atoms with Crippen molar-refractivity contribution in [1.29, 1.82) is 0 Å². The van der Waals surface area contributed by atoms with E-state index in [1.54, 1.807) is 16.8 Å². The molecule has 1 atom stereocenters. The van der Waals surface area contributed by atoms with E-state index in [9.17, 15) is 0 Å². The number of nitrogens with zero attached hydrogens (tertiary/aromatic N) is 3. The standard InChI is InChI=1S/C8H9ClN4.C5H10O2.C2H6/c1-5-4-11-8-6(10-2)3-7(9)12-13(5)8;1-5-4-6-2-3-7-5;1-2/h3-4,10H,1-2H3;5H,2-4H2,1H3;1-2H3. The molecule has 0 amide bonds. The van der Waals surface area contributed by atoms with Crippen LogP contribution in [0, 0.1) is 6.92 Å². The molecule has 7 heteroatoms. The summed E-state index contributed by atoms with van der Waals surface area (Å²) in [6.45, 7) is 10.2. The van der Waals surface area contributed by atoms with Crippen molar-refractivity contribution in [3.8, 4) is 0 Å². The molecule has 2 aromatic heterocycles. The average Bonchev–Trinajstić information content (AvgIpc) is 2.91. The molecule has 1 aliphatic rings. The first kappa shape index (κ1) is 18.7. The first-order valence-corrected chi connectivity index (χ1v) is 7.87. The number of rotatable bonds is 1. The Morgan fingerprint density at radius 2 is 2.09 bits per heavy atom. The maximum Gasteiger partial charge on any atom is 0.177 e. The topological polar surface area (TPSA) is 60.7 Å². The number of halogens is 1. The third-order valence-corrected chi connectivity index (χ3v) is 3.04. The molecule has 0 spiro atoms. The van der Waals surface area contributed by atoms with Crippen LogP contribution in [-0.2, 0) is 9.47 Å². The minimum absolute atomic E-state index is 0.314. The van der Waals surface area contributed by atoms with E-state index in [1.807, 2.05) is 34.7 Å². The molecule has 1 N–H and O–H groups in total. The highest BCUT2D eigenvalue weighted by molar-refractivity contribution is 6.29. The van der Waals surface area contributed by atoms with Gasteiger partial charge in [0.25, 0.3) is 0 Å². The van der Waals surface area contributed by atoms with Gasteiger partial charge in [0, 0.05) is 13.1 Å². The molecule has 1 unspecified atom stereocenters. The van der Waals surface area contributed by atoms with Crippen molar-refractivity contribution in [3.63, 3.8) is 0 Å². The third kappa shape index (κ3) is 5.12. The zero-order valence-corrected chi connectivity index (χ0v) is 14.6. The first-order valence-electron chi connectivity index (χ1n) is 7.49. The fourth-order valence-corrected chi connectivity index (χ4v) is 2.02. The van der Waals surface area contributed by atoms with Crippen molar-refractivity contribution >= 4 is 22.9 Å². The summed E-state index contributed by atoms with van der Waals surface area (Å²) in [5.41, 5.74) is 2.64. The van der Waals surface area contributed by atoms with Crippen LogP contribution in [0.25, 0.3) is 5.65 Å². The summed E-state index contributed by atoms with van der Waals surface area (Å²) in [7, 11) is 1.83. The minimum Gasteiger partial charge on any atom is -0.385 e. The summed E-state index contributed by atoms with van der Waals surface area (Å²) in [6, 6.07) is 1.75. The van der Waals surface area contributed by atoms with Crippen LogP contribution in [0.4, 0.5) is 5.69 Å². The van der Waals surface area contributed by atoms with Gasteiger partial charge >= 0.3 is 0 Å².